The van der Waals surface area contributed by atoms with Gasteiger partial charge in [0.1, 0.15) is 28.5 Å². The first-order chi connectivity index (χ1) is 23.4. The van der Waals surface area contributed by atoms with Gasteiger partial charge in [0, 0.05) is 68.3 Å². The van der Waals surface area contributed by atoms with Crippen LogP contribution in [0.4, 0.5) is 0 Å². The number of amides is 1. The Bertz CT molecular complexity index is 1870. The molecule has 0 bridgehead atoms. The molecule has 0 atom stereocenters. The summed E-state index contributed by atoms with van der Waals surface area (Å²) in [4.78, 5) is 46.3. The number of hydrogen-bond acceptors (Lipinski definition) is 9. The SMILES string of the molecule is CCOc1cc(C(=O)N2CCC3(CC2)CC(=O)c2cc(-c4cnn(C)c4)ccc2O3)cc(OCC)c1-c1cncc(C(=O)OC(C)(C)C)c1. The van der Waals surface area contributed by atoms with Gasteiger partial charge in [-0.3, -0.25) is 19.3 Å². The van der Waals surface area contributed by atoms with E-state index in [0.29, 0.717) is 84.2 Å². The number of ether oxygens (including phenoxy) is 4. The standard InChI is InChI=1S/C38H42N4O7/c1-7-46-32-17-25(18-33(47-8-2)34(32)26-15-27(21-39-20-26)36(45)49-37(3,4)5)35(44)42-13-11-38(12-14-42)19-30(43)29-16-24(9-10-31(29)48-38)28-22-40-41(6)23-28/h9-10,15-18,20-23H,7-8,11-14,19H2,1-6H3. The van der Waals surface area contributed by atoms with Gasteiger partial charge in [-0.05, 0) is 70.5 Å². The number of aromatic nitrogens is 3. The second-order valence-electron chi connectivity index (χ2n) is 13.5. The Morgan fingerprint density at radius 3 is 2.20 bits per heavy atom. The smallest absolute Gasteiger partial charge is 0.340 e. The third-order valence-electron chi connectivity index (χ3n) is 8.66. The van der Waals surface area contributed by atoms with Crippen molar-refractivity contribution in [2.75, 3.05) is 26.3 Å². The molecule has 2 aromatic heterocycles. The zero-order valence-corrected chi connectivity index (χ0v) is 28.9. The van der Waals surface area contributed by atoms with Crippen molar-refractivity contribution < 1.29 is 33.3 Å². The molecule has 0 saturated carbocycles. The summed E-state index contributed by atoms with van der Waals surface area (Å²) in [5.41, 5.74) is 2.99. The number of likely N-dealkylation sites (tertiary alicyclic amines) is 1. The topological polar surface area (TPSA) is 122 Å². The summed E-state index contributed by atoms with van der Waals surface area (Å²) in [5, 5.41) is 4.24. The average molecular weight is 667 g/mol. The molecule has 1 fully saturated rings. The van der Waals surface area contributed by atoms with E-state index in [2.05, 4.69) is 10.1 Å². The largest absolute Gasteiger partial charge is 0.493 e. The minimum atomic E-state index is -0.667. The van der Waals surface area contributed by atoms with Crippen LogP contribution in [0.2, 0.25) is 0 Å². The number of nitrogens with zero attached hydrogens (tertiary/aromatic N) is 4. The van der Waals surface area contributed by atoms with E-state index in [1.54, 1.807) is 60.9 Å². The maximum atomic E-state index is 14.0. The lowest BCUT2D eigenvalue weighted by atomic mass is 9.82. The molecule has 1 spiro atoms. The molecular formula is C38H42N4O7. The Morgan fingerprint density at radius 2 is 1.59 bits per heavy atom. The summed E-state index contributed by atoms with van der Waals surface area (Å²) in [7, 11) is 1.86. The monoisotopic (exact) mass is 666 g/mol. The third kappa shape index (κ3) is 7.16. The predicted molar refractivity (Wildman–Crippen MR) is 183 cm³/mol. The molecule has 256 valence electrons. The number of carbonyl (C=O) groups is 3. The quantitative estimate of drug-likeness (QED) is 0.193. The number of piperidine rings is 1. The number of carbonyl (C=O) groups excluding carboxylic acids is 3. The van der Waals surface area contributed by atoms with Crippen LogP contribution in [0, 0.1) is 0 Å². The lowest BCUT2D eigenvalue weighted by Crippen LogP contribution is -2.52. The van der Waals surface area contributed by atoms with E-state index >= 15 is 0 Å². The number of pyridine rings is 1. The highest BCUT2D eigenvalue weighted by molar-refractivity contribution is 6.02. The van der Waals surface area contributed by atoms with Crippen molar-refractivity contribution in [1.29, 1.82) is 0 Å². The van der Waals surface area contributed by atoms with Crippen LogP contribution in [0.3, 0.4) is 0 Å². The van der Waals surface area contributed by atoms with E-state index in [1.807, 2.05) is 45.3 Å². The van der Waals surface area contributed by atoms with E-state index in [-0.39, 0.29) is 18.1 Å². The highest BCUT2D eigenvalue weighted by Gasteiger charge is 2.44. The van der Waals surface area contributed by atoms with Crippen molar-refractivity contribution in [3.63, 3.8) is 0 Å². The molecule has 0 unspecified atom stereocenters. The maximum absolute atomic E-state index is 14.0. The summed E-state index contributed by atoms with van der Waals surface area (Å²) in [6.45, 7) is 10.7. The molecule has 0 N–H and O–H groups in total. The highest BCUT2D eigenvalue weighted by Crippen LogP contribution is 2.43. The Hall–Kier alpha value is -5.19. The van der Waals surface area contributed by atoms with Crippen molar-refractivity contribution >= 4 is 17.7 Å². The Labute approximate surface area is 286 Å². The van der Waals surface area contributed by atoms with E-state index in [9.17, 15) is 14.4 Å². The van der Waals surface area contributed by atoms with Crippen molar-refractivity contribution in [1.82, 2.24) is 19.7 Å². The van der Waals surface area contributed by atoms with Crippen LogP contribution in [-0.2, 0) is 11.8 Å². The van der Waals surface area contributed by atoms with Gasteiger partial charge in [0.2, 0.25) is 0 Å². The number of esters is 1. The number of fused-ring (bicyclic) bond motifs is 1. The number of Topliss-reactive ketones (excluding diaryl/α,β-unsaturated/α-hetero) is 1. The minimum absolute atomic E-state index is 0.0373. The first-order valence-electron chi connectivity index (χ1n) is 16.7. The molecule has 49 heavy (non-hydrogen) atoms. The molecule has 0 aliphatic carbocycles. The van der Waals surface area contributed by atoms with E-state index in [0.717, 1.165) is 11.1 Å². The third-order valence-corrected chi connectivity index (χ3v) is 8.66. The van der Waals surface area contributed by atoms with Crippen LogP contribution >= 0.6 is 0 Å². The molecule has 11 nitrogen and oxygen atoms in total. The van der Waals surface area contributed by atoms with Gasteiger partial charge in [0.05, 0.1) is 42.5 Å². The number of hydrogen-bond donors (Lipinski definition) is 0. The van der Waals surface area contributed by atoms with Gasteiger partial charge in [0.15, 0.2) is 5.78 Å². The fourth-order valence-corrected chi connectivity index (χ4v) is 6.38. The van der Waals surface area contributed by atoms with Crippen LogP contribution < -0.4 is 14.2 Å². The molecule has 6 rings (SSSR count). The normalized spacial score (nSPS) is 15.4. The Morgan fingerprint density at radius 1 is 0.898 bits per heavy atom. The second-order valence-corrected chi connectivity index (χ2v) is 13.5. The van der Waals surface area contributed by atoms with Crippen LogP contribution in [-0.4, -0.2) is 74.8 Å². The molecule has 1 saturated heterocycles. The maximum Gasteiger partial charge on any atom is 0.340 e. The first-order valence-corrected chi connectivity index (χ1v) is 16.7. The van der Waals surface area contributed by atoms with Gasteiger partial charge in [-0.1, -0.05) is 6.07 Å². The summed E-state index contributed by atoms with van der Waals surface area (Å²) >= 11 is 0. The summed E-state index contributed by atoms with van der Waals surface area (Å²) < 4.78 is 25.9. The lowest BCUT2D eigenvalue weighted by molar-refractivity contribution is -0.00582. The van der Waals surface area contributed by atoms with Crippen LogP contribution in [0.25, 0.3) is 22.3 Å². The number of benzene rings is 2. The molecule has 2 aliphatic rings. The van der Waals surface area contributed by atoms with Gasteiger partial charge in [-0.2, -0.15) is 5.10 Å². The zero-order valence-electron chi connectivity index (χ0n) is 28.9. The molecule has 4 aromatic rings. The summed E-state index contributed by atoms with van der Waals surface area (Å²) in [6.07, 6.45) is 8.07. The fraction of sp³-hybridized carbons (Fsp3) is 0.395. The molecule has 4 heterocycles. The molecule has 11 heteroatoms. The molecule has 1 amide bonds. The first kappa shape index (κ1) is 33.7. The summed E-state index contributed by atoms with van der Waals surface area (Å²) in [5.74, 6) is 0.831. The van der Waals surface area contributed by atoms with Crippen molar-refractivity contribution in [3.05, 3.63) is 77.9 Å². The van der Waals surface area contributed by atoms with Gasteiger partial charge in [-0.25, -0.2) is 4.79 Å². The predicted octanol–water partition coefficient (Wildman–Crippen LogP) is 6.54. The fourth-order valence-electron chi connectivity index (χ4n) is 6.38. The van der Waals surface area contributed by atoms with Gasteiger partial charge in [0.25, 0.3) is 5.91 Å². The van der Waals surface area contributed by atoms with E-state index in [1.165, 1.54) is 6.20 Å². The number of aryl methyl sites for hydroxylation is 1. The molecule has 2 aromatic carbocycles. The Kier molecular flexibility index (Phi) is 9.20. The lowest BCUT2D eigenvalue weighted by Gasteiger charge is -2.44. The van der Waals surface area contributed by atoms with E-state index in [4.69, 9.17) is 18.9 Å². The molecular weight excluding hydrogens is 624 g/mol. The Balaban J connectivity index is 1.22. The van der Waals surface area contributed by atoms with Gasteiger partial charge >= 0.3 is 5.97 Å². The molecule has 0 radical (unpaired) electrons. The van der Waals surface area contributed by atoms with Gasteiger partial charge < -0.3 is 23.8 Å². The van der Waals surface area contributed by atoms with Gasteiger partial charge in [-0.15, -0.1) is 0 Å². The van der Waals surface area contributed by atoms with E-state index < -0.39 is 17.2 Å². The summed E-state index contributed by atoms with van der Waals surface area (Å²) in [6, 6.07) is 10.8. The van der Waals surface area contributed by atoms with Crippen LogP contribution in [0.5, 0.6) is 17.2 Å². The average Bonchev–Trinajstić information content (AvgIpc) is 3.50. The number of rotatable bonds is 8. The van der Waals surface area contributed by atoms with Crippen LogP contribution in [0.1, 0.15) is 85.0 Å². The zero-order chi connectivity index (χ0) is 34.9. The molecule has 2 aliphatic heterocycles. The minimum Gasteiger partial charge on any atom is -0.493 e. The highest BCUT2D eigenvalue weighted by atomic mass is 16.6. The second kappa shape index (κ2) is 13.4. The number of ketones is 1. The van der Waals surface area contributed by atoms with Crippen LogP contribution in [0.15, 0.2) is 61.2 Å². The van der Waals surface area contributed by atoms with Crippen molar-refractivity contribution in [2.24, 2.45) is 7.05 Å². The van der Waals surface area contributed by atoms with Crippen molar-refractivity contribution in [2.45, 2.75) is 65.1 Å². The van der Waals surface area contributed by atoms with Crippen molar-refractivity contribution in [3.8, 4) is 39.5 Å².